The molecule has 0 amide bonds. The number of unbranched alkanes of at least 4 members (excludes halogenated alkanes) is 13. The fourth-order valence-electron chi connectivity index (χ4n) is 3.58. The van der Waals surface area contributed by atoms with E-state index < -0.39 is 12.1 Å². The Morgan fingerprint density at radius 3 is 1.79 bits per heavy atom. The van der Waals surface area contributed by atoms with E-state index in [1.54, 1.807) is 18.2 Å². The number of carboxylic acids is 1. The zero-order valence-electron chi connectivity index (χ0n) is 18.3. The molecule has 0 spiro atoms. The first kappa shape index (κ1) is 25.1. The number of anilines is 2. The molecule has 0 heterocycles. The van der Waals surface area contributed by atoms with E-state index >= 15 is 0 Å². The van der Waals surface area contributed by atoms with E-state index in [1.165, 1.54) is 70.6 Å². The molecule has 1 aromatic carbocycles. The van der Waals surface area contributed by atoms with Gasteiger partial charge < -0.3 is 21.3 Å². The van der Waals surface area contributed by atoms with Crippen LogP contribution in [0.2, 0.25) is 0 Å². The van der Waals surface area contributed by atoms with Gasteiger partial charge >= 0.3 is 5.97 Å². The van der Waals surface area contributed by atoms with E-state index in [9.17, 15) is 9.90 Å². The molecule has 1 aromatic rings. The smallest absolute Gasteiger partial charge is 0.344 e. The van der Waals surface area contributed by atoms with Gasteiger partial charge in [0, 0.05) is 5.69 Å². The maximum Gasteiger partial charge on any atom is 0.344 e. The van der Waals surface area contributed by atoms with Crippen molar-refractivity contribution in [1.82, 2.24) is 0 Å². The van der Waals surface area contributed by atoms with Crippen molar-refractivity contribution in [3.63, 3.8) is 0 Å². The van der Waals surface area contributed by atoms with Crippen molar-refractivity contribution >= 4 is 17.3 Å². The molecule has 166 valence electrons. The number of nitrogen functional groups attached to an aromatic ring is 2. The van der Waals surface area contributed by atoms with Crippen LogP contribution in [0.1, 0.15) is 103 Å². The summed E-state index contributed by atoms with van der Waals surface area (Å²) in [4.78, 5) is 11.5. The minimum Gasteiger partial charge on any atom is -0.479 e. The third-order valence-corrected chi connectivity index (χ3v) is 5.40. The third-order valence-electron chi connectivity index (χ3n) is 5.40. The Morgan fingerprint density at radius 2 is 1.34 bits per heavy atom. The number of nitrogens with two attached hydrogens (primary N) is 2. The monoisotopic (exact) mass is 406 g/mol. The van der Waals surface area contributed by atoms with Gasteiger partial charge in [0.15, 0.2) is 6.10 Å². The van der Waals surface area contributed by atoms with E-state index in [2.05, 4.69) is 6.92 Å². The third kappa shape index (κ3) is 12.3. The van der Waals surface area contributed by atoms with E-state index in [4.69, 9.17) is 16.2 Å². The second-order valence-corrected chi connectivity index (χ2v) is 8.13. The van der Waals surface area contributed by atoms with Crippen LogP contribution in [0.5, 0.6) is 5.75 Å². The largest absolute Gasteiger partial charge is 0.479 e. The van der Waals surface area contributed by atoms with Crippen molar-refractivity contribution in [2.75, 3.05) is 11.5 Å². The van der Waals surface area contributed by atoms with Crippen LogP contribution < -0.4 is 16.2 Å². The van der Waals surface area contributed by atoms with Crippen LogP contribution in [-0.4, -0.2) is 17.2 Å². The number of benzene rings is 1. The van der Waals surface area contributed by atoms with Gasteiger partial charge in [-0.1, -0.05) is 90.4 Å². The van der Waals surface area contributed by atoms with Crippen LogP contribution in [0.3, 0.4) is 0 Å². The molecule has 5 heteroatoms. The maximum atomic E-state index is 11.5. The van der Waals surface area contributed by atoms with Gasteiger partial charge in [0.05, 0.1) is 5.69 Å². The average Bonchev–Trinajstić information content (AvgIpc) is 2.68. The van der Waals surface area contributed by atoms with Gasteiger partial charge in [-0.2, -0.15) is 0 Å². The van der Waals surface area contributed by atoms with Crippen molar-refractivity contribution < 1.29 is 14.6 Å². The topological polar surface area (TPSA) is 98.6 Å². The van der Waals surface area contributed by atoms with Crippen molar-refractivity contribution in [3.8, 4) is 5.75 Å². The Labute approximate surface area is 177 Å². The summed E-state index contributed by atoms with van der Waals surface area (Å²) in [5.41, 5.74) is 12.4. The summed E-state index contributed by atoms with van der Waals surface area (Å²) in [6, 6.07) is 4.88. The Balaban J connectivity index is 2.04. The first-order valence-corrected chi connectivity index (χ1v) is 11.6. The number of hydrogen-bond donors (Lipinski definition) is 3. The molecule has 0 aliphatic rings. The first-order valence-electron chi connectivity index (χ1n) is 11.6. The molecule has 5 N–H and O–H groups in total. The fraction of sp³-hybridized carbons (Fsp3) is 0.708. The molecule has 0 aliphatic carbocycles. The molecular weight excluding hydrogens is 364 g/mol. The van der Waals surface area contributed by atoms with Crippen molar-refractivity contribution in [3.05, 3.63) is 18.2 Å². The zero-order chi connectivity index (χ0) is 21.3. The Hall–Kier alpha value is -1.91. The predicted molar refractivity (Wildman–Crippen MR) is 122 cm³/mol. The van der Waals surface area contributed by atoms with Crippen LogP contribution in [-0.2, 0) is 4.79 Å². The Kier molecular flexibility index (Phi) is 13.8. The van der Waals surface area contributed by atoms with E-state index in [-0.39, 0.29) is 0 Å². The van der Waals surface area contributed by atoms with E-state index in [0.29, 0.717) is 23.5 Å². The van der Waals surface area contributed by atoms with Crippen LogP contribution in [0.25, 0.3) is 0 Å². The van der Waals surface area contributed by atoms with Gasteiger partial charge in [-0.3, -0.25) is 0 Å². The van der Waals surface area contributed by atoms with Crippen LogP contribution >= 0.6 is 0 Å². The summed E-state index contributed by atoms with van der Waals surface area (Å²) in [6.07, 6.45) is 17.6. The molecule has 1 rings (SSSR count). The van der Waals surface area contributed by atoms with Gasteiger partial charge in [-0.05, 0) is 31.0 Å². The highest BCUT2D eigenvalue weighted by atomic mass is 16.5. The standard InChI is InChI=1S/C24H42N2O3/c1-2-3-4-5-6-7-8-9-10-11-12-13-14-15-16-23(24(27)28)29-22-18-17-20(25)19-21(22)26/h17-19,23H,2-16,25-26H2,1H3,(H,27,28). The SMILES string of the molecule is CCCCCCCCCCCCCCCCC(Oc1ccc(N)cc1N)C(=O)O. The number of carboxylic acid groups (broad SMARTS) is 1. The van der Waals surface area contributed by atoms with E-state index in [0.717, 1.165) is 19.3 Å². The lowest BCUT2D eigenvalue weighted by atomic mass is 10.0. The van der Waals surface area contributed by atoms with Crippen molar-refractivity contribution in [1.29, 1.82) is 0 Å². The highest BCUT2D eigenvalue weighted by Gasteiger charge is 2.20. The number of aliphatic carboxylic acids is 1. The summed E-state index contributed by atoms with van der Waals surface area (Å²) in [5.74, 6) is -0.562. The molecule has 0 aromatic heterocycles. The number of hydrogen-bond acceptors (Lipinski definition) is 4. The second kappa shape index (κ2) is 15.9. The average molecular weight is 407 g/mol. The molecule has 0 bridgehead atoms. The summed E-state index contributed by atoms with van der Waals surface area (Å²) in [5, 5.41) is 9.39. The van der Waals surface area contributed by atoms with Crippen molar-refractivity contribution in [2.45, 2.75) is 109 Å². The first-order chi connectivity index (χ1) is 14.0. The molecule has 0 fully saturated rings. The second-order valence-electron chi connectivity index (χ2n) is 8.13. The molecule has 29 heavy (non-hydrogen) atoms. The van der Waals surface area contributed by atoms with E-state index in [1.807, 2.05) is 0 Å². The van der Waals surface area contributed by atoms with Gasteiger partial charge in [-0.15, -0.1) is 0 Å². The molecule has 1 atom stereocenters. The van der Waals surface area contributed by atoms with Crippen LogP contribution in [0.4, 0.5) is 11.4 Å². The van der Waals surface area contributed by atoms with Crippen molar-refractivity contribution in [2.24, 2.45) is 0 Å². The molecule has 0 radical (unpaired) electrons. The minimum atomic E-state index is -0.948. The number of ether oxygens (including phenoxy) is 1. The molecule has 1 unspecified atom stereocenters. The molecule has 0 saturated heterocycles. The van der Waals surface area contributed by atoms with Crippen LogP contribution in [0.15, 0.2) is 18.2 Å². The lowest BCUT2D eigenvalue weighted by molar-refractivity contribution is -0.145. The van der Waals surface area contributed by atoms with Gasteiger partial charge in [0.1, 0.15) is 5.75 Å². The highest BCUT2D eigenvalue weighted by molar-refractivity contribution is 5.73. The summed E-state index contributed by atoms with van der Waals surface area (Å²) in [7, 11) is 0. The summed E-state index contributed by atoms with van der Waals surface area (Å²) < 4.78 is 5.60. The molecule has 5 nitrogen and oxygen atoms in total. The fourth-order valence-corrected chi connectivity index (χ4v) is 3.58. The molecular formula is C24H42N2O3. The van der Waals surface area contributed by atoms with Gasteiger partial charge in [0.25, 0.3) is 0 Å². The zero-order valence-corrected chi connectivity index (χ0v) is 18.3. The maximum absolute atomic E-state index is 11.5. The van der Waals surface area contributed by atoms with Crippen LogP contribution in [0, 0.1) is 0 Å². The Morgan fingerprint density at radius 1 is 0.862 bits per heavy atom. The Bertz CT molecular complexity index is 563. The lowest BCUT2D eigenvalue weighted by Gasteiger charge is -2.16. The quantitative estimate of drug-likeness (QED) is 0.189. The predicted octanol–water partition coefficient (Wildman–Crippen LogP) is 6.55. The highest BCUT2D eigenvalue weighted by Crippen LogP contribution is 2.26. The normalized spacial score (nSPS) is 12.0. The number of carbonyl (C=O) groups is 1. The minimum absolute atomic E-state index is 0.372. The van der Waals surface area contributed by atoms with Gasteiger partial charge in [0.2, 0.25) is 0 Å². The summed E-state index contributed by atoms with van der Waals surface area (Å²) in [6.45, 7) is 2.26. The summed E-state index contributed by atoms with van der Waals surface area (Å²) >= 11 is 0. The number of rotatable bonds is 18. The molecule has 0 aliphatic heterocycles. The molecule has 0 saturated carbocycles. The van der Waals surface area contributed by atoms with Gasteiger partial charge in [-0.25, -0.2) is 4.79 Å². The lowest BCUT2D eigenvalue weighted by Crippen LogP contribution is -2.27.